The molecule has 194 valence electrons. The van der Waals surface area contributed by atoms with Crippen molar-refractivity contribution < 1.29 is 0 Å². The average Bonchev–Trinajstić information content (AvgIpc) is 2.96. The summed E-state index contributed by atoms with van der Waals surface area (Å²) < 4.78 is 0. The van der Waals surface area contributed by atoms with Crippen molar-refractivity contribution in [3.05, 3.63) is 80.9 Å². The molecular weight excluding hydrogens is 456 g/mol. The molecule has 0 saturated heterocycles. The second-order valence-corrected chi connectivity index (χ2v) is 10.7. The Bertz CT molecular complexity index is 1730. The van der Waals surface area contributed by atoms with Crippen LogP contribution in [-0.2, 0) is 0 Å². The first-order chi connectivity index (χ1) is 18.3. The Hall–Kier alpha value is -3.38. The molecule has 0 aliphatic carbocycles. The molecule has 0 aliphatic rings. The lowest BCUT2D eigenvalue weighted by molar-refractivity contribution is 1.38. The second-order valence-electron chi connectivity index (χ2n) is 10.7. The van der Waals surface area contributed by atoms with Gasteiger partial charge in [0.1, 0.15) is 0 Å². The summed E-state index contributed by atoms with van der Waals surface area (Å²) in [6.45, 7) is 26.7. The van der Waals surface area contributed by atoms with E-state index in [0.717, 1.165) is 0 Å². The first-order valence-corrected chi connectivity index (χ1v) is 14.5. The lowest BCUT2D eigenvalue weighted by Crippen LogP contribution is -2.02. The largest absolute Gasteiger partial charge is 0.0683 e. The van der Waals surface area contributed by atoms with Crippen molar-refractivity contribution in [2.45, 2.75) is 83.1 Å². The highest BCUT2D eigenvalue weighted by molar-refractivity contribution is 6.42. The van der Waals surface area contributed by atoms with Crippen molar-refractivity contribution in [1.29, 1.82) is 0 Å². The van der Waals surface area contributed by atoms with Crippen LogP contribution < -0.4 is 0 Å². The fourth-order valence-corrected chi connectivity index (χ4v) is 7.20. The van der Waals surface area contributed by atoms with Crippen molar-refractivity contribution in [2.75, 3.05) is 0 Å². The summed E-state index contributed by atoms with van der Waals surface area (Å²) in [6.07, 6.45) is 0. The third-order valence-electron chi connectivity index (χ3n) is 9.49. The fraction of sp³-hybridized carbons (Fsp3) is 0.316. The molecule has 7 rings (SSSR count). The van der Waals surface area contributed by atoms with Gasteiger partial charge in [0.25, 0.3) is 0 Å². The highest BCUT2D eigenvalue weighted by atomic mass is 14.3. The molecule has 0 spiro atoms. The lowest BCUT2D eigenvalue weighted by atomic mass is 9.76. The van der Waals surface area contributed by atoms with E-state index >= 15 is 0 Å². The van der Waals surface area contributed by atoms with Gasteiger partial charge in [-0.05, 0) is 165 Å². The molecule has 0 nitrogen and oxygen atoms in total. The SMILES string of the molecule is CC.CC.Cc1c(C)c2c3c(C)c(C)c4cccc5c(C)c(C)c(c6c(C)c(C)c7cccc1c7c26)c3c45. The molecule has 0 unspecified atom stereocenters. The van der Waals surface area contributed by atoms with Crippen LogP contribution >= 0.6 is 0 Å². The van der Waals surface area contributed by atoms with E-state index in [-0.39, 0.29) is 0 Å². The van der Waals surface area contributed by atoms with Crippen LogP contribution in [0.4, 0.5) is 0 Å². The number of hydrogen-bond acceptors (Lipinski definition) is 0. The van der Waals surface area contributed by atoms with Crippen molar-refractivity contribution >= 4 is 64.6 Å². The topological polar surface area (TPSA) is 0 Å². The molecule has 0 heterocycles. The first-order valence-electron chi connectivity index (χ1n) is 14.5. The summed E-state index contributed by atoms with van der Waals surface area (Å²) in [6, 6.07) is 13.8. The van der Waals surface area contributed by atoms with Crippen LogP contribution in [-0.4, -0.2) is 0 Å². The van der Waals surface area contributed by atoms with Gasteiger partial charge in [0.2, 0.25) is 0 Å². The minimum absolute atomic E-state index is 1.41. The van der Waals surface area contributed by atoms with Crippen molar-refractivity contribution in [3.8, 4) is 0 Å². The third kappa shape index (κ3) is 2.98. The van der Waals surface area contributed by atoms with Gasteiger partial charge in [-0.1, -0.05) is 64.1 Å². The summed E-state index contributed by atoms with van der Waals surface area (Å²) in [5, 5.41) is 17.4. The van der Waals surface area contributed by atoms with Crippen molar-refractivity contribution in [2.24, 2.45) is 0 Å². The molecule has 0 aliphatic heterocycles. The van der Waals surface area contributed by atoms with Crippen LogP contribution in [0.5, 0.6) is 0 Å². The maximum Gasteiger partial charge on any atom is -0.000837 e. The van der Waals surface area contributed by atoms with Gasteiger partial charge in [0.05, 0.1) is 0 Å². The molecule has 0 fully saturated rings. The van der Waals surface area contributed by atoms with Crippen LogP contribution in [0.25, 0.3) is 64.6 Å². The van der Waals surface area contributed by atoms with E-state index < -0.39 is 0 Å². The summed E-state index contributed by atoms with van der Waals surface area (Å²) in [5.41, 5.74) is 11.4. The number of rotatable bonds is 0. The van der Waals surface area contributed by atoms with E-state index in [1.807, 2.05) is 27.7 Å². The molecular formula is C38H42. The normalized spacial score (nSPS) is 11.7. The number of hydrogen-bond donors (Lipinski definition) is 0. The van der Waals surface area contributed by atoms with Gasteiger partial charge < -0.3 is 0 Å². The van der Waals surface area contributed by atoms with Gasteiger partial charge in [-0.2, -0.15) is 0 Å². The summed E-state index contributed by atoms with van der Waals surface area (Å²) in [5.74, 6) is 0. The minimum Gasteiger partial charge on any atom is -0.0683 e. The Balaban J connectivity index is 0.000000704. The molecule has 0 saturated carbocycles. The molecule has 7 aromatic carbocycles. The van der Waals surface area contributed by atoms with Crippen LogP contribution in [0.1, 0.15) is 72.2 Å². The molecule has 0 bridgehead atoms. The van der Waals surface area contributed by atoms with Gasteiger partial charge >= 0.3 is 0 Å². The lowest BCUT2D eigenvalue weighted by Gasteiger charge is -2.27. The molecule has 0 heteroatoms. The molecule has 0 atom stereocenters. The average molecular weight is 499 g/mol. The zero-order valence-corrected chi connectivity index (χ0v) is 25.5. The highest BCUT2D eigenvalue weighted by Crippen LogP contribution is 2.52. The predicted octanol–water partition coefficient (Wildman–Crippen LogP) is 12.0. The maximum absolute atomic E-state index is 2.35. The van der Waals surface area contributed by atoms with Gasteiger partial charge in [-0.25, -0.2) is 0 Å². The Morgan fingerprint density at radius 2 is 0.474 bits per heavy atom. The van der Waals surface area contributed by atoms with Crippen molar-refractivity contribution in [3.63, 3.8) is 0 Å². The monoisotopic (exact) mass is 498 g/mol. The Morgan fingerprint density at radius 3 is 0.684 bits per heavy atom. The number of benzene rings is 7. The summed E-state index contributed by atoms with van der Waals surface area (Å²) in [4.78, 5) is 0. The summed E-state index contributed by atoms with van der Waals surface area (Å²) in [7, 11) is 0. The number of fused-ring (bicyclic) bond motifs is 2. The molecule has 7 aromatic rings. The van der Waals surface area contributed by atoms with Gasteiger partial charge in [-0.15, -0.1) is 0 Å². The van der Waals surface area contributed by atoms with E-state index in [4.69, 9.17) is 0 Å². The van der Waals surface area contributed by atoms with Gasteiger partial charge in [0, 0.05) is 0 Å². The van der Waals surface area contributed by atoms with Gasteiger partial charge in [-0.3, -0.25) is 0 Å². The quantitative estimate of drug-likeness (QED) is 0.144. The van der Waals surface area contributed by atoms with Crippen LogP contribution in [0.3, 0.4) is 0 Å². The molecule has 0 amide bonds. The molecule has 0 N–H and O–H groups in total. The van der Waals surface area contributed by atoms with Crippen LogP contribution in [0, 0.1) is 55.4 Å². The fourth-order valence-electron chi connectivity index (χ4n) is 7.20. The summed E-state index contributed by atoms with van der Waals surface area (Å²) >= 11 is 0. The van der Waals surface area contributed by atoms with Crippen LogP contribution in [0.15, 0.2) is 36.4 Å². The van der Waals surface area contributed by atoms with E-state index in [0.29, 0.717) is 0 Å². The highest BCUT2D eigenvalue weighted by Gasteiger charge is 2.26. The molecule has 0 aromatic heterocycles. The smallest absolute Gasteiger partial charge is 0.000837 e. The van der Waals surface area contributed by atoms with Crippen LogP contribution in [0.2, 0.25) is 0 Å². The molecule has 0 radical (unpaired) electrons. The third-order valence-corrected chi connectivity index (χ3v) is 9.49. The van der Waals surface area contributed by atoms with Gasteiger partial charge in [0.15, 0.2) is 0 Å². The molecule has 38 heavy (non-hydrogen) atoms. The van der Waals surface area contributed by atoms with E-state index in [2.05, 4.69) is 91.8 Å². The zero-order valence-electron chi connectivity index (χ0n) is 25.5. The van der Waals surface area contributed by atoms with E-state index in [1.165, 1.54) is 109 Å². The Labute approximate surface area is 228 Å². The maximum atomic E-state index is 2.35. The van der Waals surface area contributed by atoms with E-state index in [9.17, 15) is 0 Å². The Kier molecular flexibility index (Phi) is 6.30. The predicted molar refractivity (Wildman–Crippen MR) is 174 cm³/mol. The second kappa shape index (κ2) is 9.12. The number of aryl methyl sites for hydroxylation is 8. The zero-order chi connectivity index (χ0) is 27.8. The standard InChI is InChI=1S/C34H30.2C2H6/c1-15-19(5)27-28-20(6)17(3)25-13-10-14-26-18(4)22(8)30(34(28)32(25)26)29-21(7)16(2)24-12-9-11-23(15)31(24)33(27)29;2*1-2/h9-14H,1-8H3;2*1-2H3. The Morgan fingerprint density at radius 1 is 0.263 bits per heavy atom. The first kappa shape index (κ1) is 26.2. The van der Waals surface area contributed by atoms with Crippen molar-refractivity contribution in [1.82, 2.24) is 0 Å². The van der Waals surface area contributed by atoms with E-state index in [1.54, 1.807) is 0 Å². The minimum atomic E-state index is 1.41.